The Labute approximate surface area is 106 Å². The first-order valence-corrected chi connectivity index (χ1v) is 15.2. The van der Waals surface area contributed by atoms with Crippen LogP contribution in [-0.4, -0.2) is 6.04 Å². The van der Waals surface area contributed by atoms with Gasteiger partial charge in [0.25, 0.3) is 0 Å². The predicted octanol–water partition coefficient (Wildman–Crippen LogP) is 5.24. The third kappa shape index (κ3) is 23.5. The third-order valence-electron chi connectivity index (χ3n) is 1.79. The van der Waals surface area contributed by atoms with Gasteiger partial charge in [-0.15, -0.1) is 0 Å². The van der Waals surface area contributed by atoms with Crippen LogP contribution in [0.1, 0.15) is 33.6 Å². The topological polar surface area (TPSA) is 59.5 Å². The van der Waals surface area contributed by atoms with E-state index in [9.17, 15) is 0 Å². The van der Waals surface area contributed by atoms with Crippen molar-refractivity contribution < 1.29 is 11.9 Å². The van der Waals surface area contributed by atoms with Gasteiger partial charge in [0, 0.05) is 6.04 Å². The maximum atomic E-state index is 5.66. The Morgan fingerprint density at radius 1 is 1.07 bits per heavy atom. The van der Waals surface area contributed by atoms with Crippen LogP contribution in [0, 0.1) is 5.92 Å². The SMILES string of the molecule is CCC(CC)C(C)N.[Cl][Pt]([Cl])([Cl])[Cl].[NH2-]. The molecule has 96 valence electrons. The van der Waals surface area contributed by atoms with Gasteiger partial charge < -0.3 is 11.9 Å². The van der Waals surface area contributed by atoms with Crippen molar-refractivity contribution in [1.82, 2.24) is 0 Å². The number of hydrogen-bond donors (Lipinski definition) is 1. The second-order valence-corrected chi connectivity index (χ2v) is 22.4. The van der Waals surface area contributed by atoms with E-state index in [0.29, 0.717) is 6.04 Å². The molecular formula is C7H19Cl4N2Pt-. The van der Waals surface area contributed by atoms with Crippen molar-refractivity contribution in [2.24, 2.45) is 11.7 Å². The molecule has 0 aliphatic rings. The molecule has 7 heteroatoms. The summed E-state index contributed by atoms with van der Waals surface area (Å²) in [6.07, 6.45) is 2.43. The van der Waals surface area contributed by atoms with Gasteiger partial charge in [0.1, 0.15) is 0 Å². The summed E-state index contributed by atoms with van der Waals surface area (Å²) in [4.78, 5) is 0. The summed E-state index contributed by atoms with van der Waals surface area (Å²) in [5.41, 5.74) is 5.66. The second-order valence-electron chi connectivity index (χ2n) is 2.71. The van der Waals surface area contributed by atoms with Gasteiger partial charge in [0.15, 0.2) is 0 Å². The fourth-order valence-corrected chi connectivity index (χ4v) is 1.03. The van der Waals surface area contributed by atoms with E-state index in [2.05, 4.69) is 20.8 Å². The molecule has 0 amide bonds. The van der Waals surface area contributed by atoms with E-state index in [1.807, 2.05) is 0 Å². The zero-order chi connectivity index (χ0) is 11.1. The maximum absolute atomic E-state index is 5.66. The molecule has 0 aromatic carbocycles. The van der Waals surface area contributed by atoms with E-state index in [1.54, 1.807) is 0 Å². The smallest absolute Gasteiger partial charge is 0.693 e. The Bertz CT molecular complexity index is 109. The first-order valence-electron chi connectivity index (χ1n) is 3.95. The van der Waals surface area contributed by atoms with Gasteiger partial charge >= 0.3 is 49.6 Å². The van der Waals surface area contributed by atoms with Gasteiger partial charge in [-0.25, -0.2) is 0 Å². The van der Waals surface area contributed by atoms with E-state index in [4.69, 9.17) is 43.4 Å². The number of hydrogen-bond acceptors (Lipinski definition) is 1. The van der Waals surface area contributed by atoms with Gasteiger partial charge in [0.2, 0.25) is 0 Å². The van der Waals surface area contributed by atoms with Gasteiger partial charge in [-0.3, -0.25) is 0 Å². The first kappa shape index (κ1) is 21.1. The molecule has 0 saturated heterocycles. The van der Waals surface area contributed by atoms with Gasteiger partial charge in [-0.2, -0.15) is 0 Å². The van der Waals surface area contributed by atoms with E-state index < -0.39 is 11.9 Å². The number of halogens is 4. The zero-order valence-corrected chi connectivity index (χ0v) is 13.8. The van der Waals surface area contributed by atoms with E-state index in [-0.39, 0.29) is 6.15 Å². The van der Waals surface area contributed by atoms with Crippen molar-refractivity contribution in [3.63, 3.8) is 0 Å². The van der Waals surface area contributed by atoms with Crippen LogP contribution in [-0.2, 0) is 11.9 Å². The van der Waals surface area contributed by atoms with Gasteiger partial charge in [-0.05, 0) is 12.8 Å². The average Bonchev–Trinajstić information content (AvgIpc) is 1.85. The standard InChI is InChI=1S/C7H17N.4ClH.H2N.Pt/c1-4-7(5-2)6(3)8;;;;;;/h6-7H,4-5,8H2,1-3H3;4*1H;1H2;/q;;;;;-1;+4/p-4. The molecule has 4 N–H and O–H groups in total. The van der Waals surface area contributed by atoms with Crippen molar-refractivity contribution >= 4 is 37.7 Å². The second kappa shape index (κ2) is 11.3. The molecule has 0 heterocycles. The van der Waals surface area contributed by atoms with Crippen LogP contribution in [0.3, 0.4) is 0 Å². The van der Waals surface area contributed by atoms with Crippen molar-refractivity contribution in [2.45, 2.75) is 39.7 Å². The third-order valence-corrected chi connectivity index (χ3v) is 1.79. The van der Waals surface area contributed by atoms with E-state index >= 15 is 0 Å². The van der Waals surface area contributed by atoms with Crippen LogP contribution < -0.4 is 5.73 Å². The molecule has 0 aliphatic heterocycles. The van der Waals surface area contributed by atoms with Crippen molar-refractivity contribution in [3.8, 4) is 0 Å². The molecular weight excluding hydrogens is 449 g/mol. The Morgan fingerprint density at radius 2 is 1.29 bits per heavy atom. The van der Waals surface area contributed by atoms with Crippen LogP contribution in [0.15, 0.2) is 0 Å². The summed E-state index contributed by atoms with van der Waals surface area (Å²) in [7, 11) is 20.0. The fraction of sp³-hybridized carbons (Fsp3) is 1.00. The molecule has 0 rings (SSSR count). The fourth-order valence-electron chi connectivity index (χ4n) is 1.03. The quantitative estimate of drug-likeness (QED) is 0.605. The normalized spacial score (nSPS) is 13.8. The largest absolute Gasteiger partial charge is 0.693 e. The molecule has 1 unspecified atom stereocenters. The molecule has 0 radical (unpaired) electrons. The summed E-state index contributed by atoms with van der Waals surface area (Å²) in [6.45, 7) is 6.46. The average molecular weight is 468 g/mol. The summed E-state index contributed by atoms with van der Waals surface area (Å²) in [5, 5.41) is 0. The molecule has 2 nitrogen and oxygen atoms in total. The molecule has 0 aromatic rings. The summed E-state index contributed by atoms with van der Waals surface area (Å²) in [5.74, 6) is 0.731. The Kier molecular flexibility index (Phi) is 17.0. The zero-order valence-electron chi connectivity index (χ0n) is 8.55. The van der Waals surface area contributed by atoms with Crippen molar-refractivity contribution in [2.75, 3.05) is 0 Å². The Balaban J connectivity index is -0.000000177. The van der Waals surface area contributed by atoms with E-state index in [1.165, 1.54) is 12.8 Å². The number of rotatable bonds is 3. The number of nitrogens with two attached hydrogens (primary N) is 2. The molecule has 0 fully saturated rings. The predicted molar refractivity (Wildman–Crippen MR) is 66.4 cm³/mol. The van der Waals surface area contributed by atoms with Gasteiger partial charge in [-0.1, -0.05) is 26.7 Å². The summed E-state index contributed by atoms with van der Waals surface area (Å²) in [6, 6.07) is 0.380. The monoisotopic (exact) mass is 466 g/mol. The summed E-state index contributed by atoms with van der Waals surface area (Å²) >= 11 is -3.06. The minimum atomic E-state index is -3.06. The maximum Gasteiger partial charge on any atom is -0.693 e. The molecule has 0 aliphatic carbocycles. The first-order chi connectivity index (χ1) is 5.72. The van der Waals surface area contributed by atoms with Crippen molar-refractivity contribution in [1.29, 1.82) is 0 Å². The van der Waals surface area contributed by atoms with E-state index in [0.717, 1.165) is 5.92 Å². The molecule has 0 spiro atoms. The molecule has 0 aromatic heterocycles. The van der Waals surface area contributed by atoms with Crippen LogP contribution >= 0.6 is 37.7 Å². The summed E-state index contributed by atoms with van der Waals surface area (Å²) < 4.78 is 0. The van der Waals surface area contributed by atoms with Crippen LogP contribution in [0.25, 0.3) is 6.15 Å². The minimum absolute atomic E-state index is 0. The van der Waals surface area contributed by atoms with Crippen LogP contribution in [0.2, 0.25) is 0 Å². The van der Waals surface area contributed by atoms with Crippen molar-refractivity contribution in [3.05, 3.63) is 6.15 Å². The molecule has 14 heavy (non-hydrogen) atoms. The van der Waals surface area contributed by atoms with Gasteiger partial charge in [0.05, 0.1) is 0 Å². The van der Waals surface area contributed by atoms with Crippen LogP contribution in [0.4, 0.5) is 0 Å². The Morgan fingerprint density at radius 3 is 1.29 bits per heavy atom. The van der Waals surface area contributed by atoms with Crippen LogP contribution in [0.5, 0.6) is 0 Å². The molecule has 0 bridgehead atoms. The molecule has 1 atom stereocenters. The minimum Gasteiger partial charge on any atom is -0.693 e. The molecule has 0 saturated carbocycles. The Hall–Kier alpha value is 1.77.